The number of hydrogen-bond donors (Lipinski definition) is 0. The standard InChI is InChI=1S/C24H24N6O2S/c1-3-4-9-14-29-22(32)17-11-6-8-13-19(17)30-23(29)26-27-24(30)33-15-20-25-18-12-7-5-10-16(18)21(31)28(20)2/h5-8,10-13H,3-4,9,14-15H2,1-2H3. The Labute approximate surface area is 193 Å². The summed E-state index contributed by atoms with van der Waals surface area (Å²) < 4.78 is 5.24. The average Bonchev–Trinajstić information content (AvgIpc) is 3.26. The minimum Gasteiger partial charge on any atom is -0.299 e. The summed E-state index contributed by atoms with van der Waals surface area (Å²) in [5, 5.41) is 10.7. The minimum absolute atomic E-state index is 0.0447. The molecule has 2 aromatic carbocycles. The number of hydrogen-bond acceptors (Lipinski definition) is 6. The first-order valence-corrected chi connectivity index (χ1v) is 12.0. The number of rotatable bonds is 7. The highest BCUT2D eigenvalue weighted by Crippen LogP contribution is 2.24. The van der Waals surface area contributed by atoms with Crippen LogP contribution in [0.3, 0.4) is 0 Å². The van der Waals surface area contributed by atoms with Crippen molar-refractivity contribution in [3.05, 3.63) is 75.1 Å². The van der Waals surface area contributed by atoms with Gasteiger partial charge in [0, 0.05) is 13.6 Å². The van der Waals surface area contributed by atoms with Gasteiger partial charge in [-0.15, -0.1) is 10.2 Å². The Bertz CT molecular complexity index is 1600. The first-order chi connectivity index (χ1) is 16.1. The van der Waals surface area contributed by atoms with Gasteiger partial charge in [-0.2, -0.15) is 0 Å². The molecule has 0 aliphatic carbocycles. The number of aryl methyl sites for hydroxylation is 1. The van der Waals surface area contributed by atoms with Gasteiger partial charge in [0.25, 0.3) is 11.1 Å². The van der Waals surface area contributed by atoms with Crippen LogP contribution in [0.5, 0.6) is 0 Å². The lowest BCUT2D eigenvalue weighted by Crippen LogP contribution is -2.23. The zero-order valence-electron chi connectivity index (χ0n) is 18.6. The van der Waals surface area contributed by atoms with Crippen molar-refractivity contribution >= 4 is 39.3 Å². The van der Waals surface area contributed by atoms with E-state index in [2.05, 4.69) is 22.1 Å². The molecule has 0 N–H and O–H groups in total. The van der Waals surface area contributed by atoms with Gasteiger partial charge in [0.05, 0.1) is 27.6 Å². The molecule has 5 aromatic rings. The fraction of sp³-hybridized carbons (Fsp3) is 0.292. The molecule has 0 bridgehead atoms. The molecule has 33 heavy (non-hydrogen) atoms. The Hall–Kier alpha value is -3.46. The largest absolute Gasteiger partial charge is 0.299 e. The highest BCUT2D eigenvalue weighted by Gasteiger charge is 2.17. The van der Waals surface area contributed by atoms with Gasteiger partial charge in [0.1, 0.15) is 5.82 Å². The molecule has 3 aromatic heterocycles. The normalized spacial score (nSPS) is 11.7. The third-order valence-electron chi connectivity index (χ3n) is 5.87. The smallest absolute Gasteiger partial charge is 0.262 e. The summed E-state index contributed by atoms with van der Waals surface area (Å²) >= 11 is 1.45. The number of benzene rings is 2. The van der Waals surface area contributed by atoms with Crippen molar-refractivity contribution in [3.63, 3.8) is 0 Å². The van der Waals surface area contributed by atoms with Crippen LogP contribution in [0.25, 0.3) is 27.6 Å². The van der Waals surface area contributed by atoms with Crippen molar-refractivity contribution in [3.8, 4) is 0 Å². The lowest BCUT2D eigenvalue weighted by Gasteiger charge is -2.11. The Morgan fingerprint density at radius 1 is 0.909 bits per heavy atom. The highest BCUT2D eigenvalue weighted by atomic mass is 32.2. The summed E-state index contributed by atoms with van der Waals surface area (Å²) in [5.41, 5.74) is 1.34. The first-order valence-electron chi connectivity index (χ1n) is 11.0. The molecular formula is C24H24N6O2S. The SMILES string of the molecule is CCCCCn1c(=O)c2ccccc2n2c(SCc3nc4ccccc4c(=O)n3C)nnc12. The number of para-hydroxylation sites is 2. The Morgan fingerprint density at radius 3 is 2.48 bits per heavy atom. The zero-order chi connectivity index (χ0) is 22.9. The van der Waals surface area contributed by atoms with Crippen LogP contribution in [0.1, 0.15) is 32.0 Å². The molecule has 0 aliphatic rings. The molecule has 0 amide bonds. The molecule has 0 fully saturated rings. The second-order valence-electron chi connectivity index (χ2n) is 8.00. The second-order valence-corrected chi connectivity index (χ2v) is 8.94. The van der Waals surface area contributed by atoms with E-state index in [4.69, 9.17) is 0 Å². The van der Waals surface area contributed by atoms with Gasteiger partial charge >= 0.3 is 0 Å². The molecule has 5 rings (SSSR count). The summed E-state index contributed by atoms with van der Waals surface area (Å²) in [7, 11) is 1.74. The number of unbranched alkanes of at least 4 members (excludes halogenated alkanes) is 2. The molecule has 0 radical (unpaired) electrons. The van der Waals surface area contributed by atoms with E-state index in [1.807, 2.05) is 46.9 Å². The molecule has 168 valence electrons. The monoisotopic (exact) mass is 460 g/mol. The minimum atomic E-state index is -0.0717. The molecule has 0 unspecified atom stereocenters. The average molecular weight is 461 g/mol. The predicted molar refractivity (Wildman–Crippen MR) is 131 cm³/mol. The molecule has 0 saturated heterocycles. The van der Waals surface area contributed by atoms with Gasteiger partial charge in [0.2, 0.25) is 5.78 Å². The molecular weight excluding hydrogens is 436 g/mol. The van der Waals surface area contributed by atoms with E-state index in [0.29, 0.717) is 45.3 Å². The van der Waals surface area contributed by atoms with Gasteiger partial charge in [-0.05, 0) is 30.7 Å². The van der Waals surface area contributed by atoms with Crippen LogP contribution in [0, 0.1) is 0 Å². The molecule has 0 aliphatic heterocycles. The van der Waals surface area contributed by atoms with E-state index >= 15 is 0 Å². The molecule has 9 heteroatoms. The van der Waals surface area contributed by atoms with E-state index in [1.165, 1.54) is 11.8 Å². The maximum Gasteiger partial charge on any atom is 0.262 e. The fourth-order valence-corrected chi connectivity index (χ4v) is 4.99. The summed E-state index contributed by atoms with van der Waals surface area (Å²) in [6.45, 7) is 2.74. The van der Waals surface area contributed by atoms with E-state index < -0.39 is 0 Å². The van der Waals surface area contributed by atoms with E-state index in [-0.39, 0.29) is 11.1 Å². The van der Waals surface area contributed by atoms with Crippen LogP contribution in [0.2, 0.25) is 0 Å². The molecule has 0 atom stereocenters. The third kappa shape index (κ3) is 3.72. The number of thioether (sulfide) groups is 1. The lowest BCUT2D eigenvalue weighted by atomic mass is 10.2. The van der Waals surface area contributed by atoms with Crippen LogP contribution >= 0.6 is 11.8 Å². The lowest BCUT2D eigenvalue weighted by molar-refractivity contribution is 0.594. The highest BCUT2D eigenvalue weighted by molar-refractivity contribution is 7.98. The van der Waals surface area contributed by atoms with Gasteiger partial charge in [-0.3, -0.25) is 23.1 Å². The van der Waals surface area contributed by atoms with Crippen LogP contribution in [-0.2, 0) is 19.3 Å². The molecule has 0 spiro atoms. The number of aromatic nitrogens is 6. The van der Waals surface area contributed by atoms with E-state index in [0.717, 1.165) is 24.8 Å². The predicted octanol–water partition coefficient (Wildman–Crippen LogP) is 3.77. The van der Waals surface area contributed by atoms with Crippen molar-refractivity contribution in [1.82, 2.24) is 28.7 Å². The van der Waals surface area contributed by atoms with Crippen molar-refractivity contribution < 1.29 is 0 Å². The number of nitrogens with zero attached hydrogens (tertiary/aromatic N) is 6. The van der Waals surface area contributed by atoms with Gasteiger partial charge in [-0.25, -0.2) is 4.98 Å². The van der Waals surface area contributed by atoms with Crippen LogP contribution < -0.4 is 11.1 Å². The van der Waals surface area contributed by atoms with Crippen molar-refractivity contribution in [2.75, 3.05) is 0 Å². The third-order valence-corrected chi connectivity index (χ3v) is 6.79. The van der Waals surface area contributed by atoms with Gasteiger partial charge in [-0.1, -0.05) is 55.8 Å². The summed E-state index contributed by atoms with van der Waals surface area (Å²) in [5.74, 6) is 1.64. The van der Waals surface area contributed by atoms with Crippen LogP contribution in [0.4, 0.5) is 0 Å². The Morgan fingerprint density at radius 2 is 1.67 bits per heavy atom. The van der Waals surface area contributed by atoms with Crippen molar-refractivity contribution in [2.45, 2.75) is 43.6 Å². The van der Waals surface area contributed by atoms with Crippen LogP contribution in [0.15, 0.2) is 63.3 Å². The molecule has 3 heterocycles. The first kappa shape index (κ1) is 21.4. The maximum atomic E-state index is 13.2. The van der Waals surface area contributed by atoms with Gasteiger partial charge < -0.3 is 0 Å². The summed E-state index contributed by atoms with van der Waals surface area (Å²) in [4.78, 5) is 30.6. The van der Waals surface area contributed by atoms with Crippen LogP contribution in [-0.4, -0.2) is 28.7 Å². The molecule has 8 nitrogen and oxygen atoms in total. The Kier molecular flexibility index (Phi) is 5.72. The van der Waals surface area contributed by atoms with Crippen molar-refractivity contribution in [2.24, 2.45) is 7.05 Å². The quantitative estimate of drug-likeness (QED) is 0.271. The summed E-state index contributed by atoms with van der Waals surface area (Å²) in [6, 6.07) is 14.9. The van der Waals surface area contributed by atoms with E-state index in [1.54, 1.807) is 22.2 Å². The second kappa shape index (κ2) is 8.82. The van der Waals surface area contributed by atoms with Crippen molar-refractivity contribution in [1.29, 1.82) is 0 Å². The Balaban J connectivity index is 1.59. The number of fused-ring (bicyclic) bond motifs is 4. The molecule has 0 saturated carbocycles. The summed E-state index contributed by atoms with van der Waals surface area (Å²) in [6.07, 6.45) is 3.02. The fourth-order valence-electron chi connectivity index (χ4n) is 4.07. The van der Waals surface area contributed by atoms with Gasteiger partial charge in [0.15, 0.2) is 5.16 Å². The zero-order valence-corrected chi connectivity index (χ0v) is 19.4. The maximum absolute atomic E-state index is 13.2. The van der Waals surface area contributed by atoms with E-state index in [9.17, 15) is 9.59 Å². The topological polar surface area (TPSA) is 87.1 Å².